The van der Waals surface area contributed by atoms with E-state index in [1.807, 2.05) is 28.4 Å². The number of fused-ring (bicyclic) bond motifs is 2. The summed E-state index contributed by atoms with van der Waals surface area (Å²) in [5, 5.41) is 9.94. The van der Waals surface area contributed by atoms with E-state index in [1.54, 1.807) is 13.3 Å². The highest BCUT2D eigenvalue weighted by molar-refractivity contribution is 5.85. The Kier molecular flexibility index (Phi) is 3.61. The zero-order valence-corrected chi connectivity index (χ0v) is 14.2. The first-order valence-corrected chi connectivity index (χ1v) is 8.13. The Hall–Kier alpha value is -2.61. The number of aliphatic imine (C=N–C) groups is 1. The monoisotopic (exact) mass is 327 g/mol. The van der Waals surface area contributed by atoms with Crippen molar-refractivity contribution in [2.75, 3.05) is 26.9 Å². The number of hydrogen-bond donors (Lipinski definition) is 0. The lowest BCUT2D eigenvalue weighted by atomic mass is 10.1. The molecule has 0 N–H and O–H groups in total. The van der Waals surface area contributed by atoms with Gasteiger partial charge in [0, 0.05) is 13.1 Å². The van der Waals surface area contributed by atoms with Gasteiger partial charge in [0.2, 0.25) is 0 Å². The Balaban J connectivity index is 1.83. The molecule has 8 heteroatoms. The third-order valence-electron chi connectivity index (χ3n) is 4.40. The van der Waals surface area contributed by atoms with Gasteiger partial charge in [0.1, 0.15) is 18.2 Å². The molecule has 3 aliphatic rings. The zero-order valence-electron chi connectivity index (χ0n) is 14.2. The van der Waals surface area contributed by atoms with Gasteiger partial charge < -0.3 is 9.80 Å². The molecule has 0 unspecified atom stereocenters. The van der Waals surface area contributed by atoms with E-state index in [-0.39, 0.29) is 0 Å². The molecular weight excluding hydrogens is 306 g/mol. The summed E-state index contributed by atoms with van der Waals surface area (Å²) in [5.74, 6) is 1.11. The molecule has 1 aromatic rings. The highest BCUT2D eigenvalue weighted by Gasteiger charge is 2.36. The molecule has 0 bridgehead atoms. The summed E-state index contributed by atoms with van der Waals surface area (Å²) in [6.45, 7) is 6.82. The normalized spacial score (nSPS) is 20.0. The maximum atomic E-state index is 5.37. The Morgan fingerprint density at radius 1 is 1.33 bits per heavy atom. The van der Waals surface area contributed by atoms with Crippen molar-refractivity contribution >= 4 is 11.9 Å². The Morgan fingerprint density at radius 2 is 2.21 bits per heavy atom. The SMILES string of the molecule is CCCN1CC(C)=C(n2ccnn2)C2=C1N1CN(OC)C=C1C=N2. The minimum Gasteiger partial charge on any atom is -0.352 e. The van der Waals surface area contributed by atoms with E-state index in [0.717, 1.165) is 42.4 Å². The number of allylic oxidation sites excluding steroid dienone is 2. The standard InChI is InChI=1S/C16H21N7O/c1-4-6-20-9-12(2)15(23-7-5-18-19-23)14-16(20)22-11-21(24-3)10-13(22)8-17-14/h5,7-8,10H,4,6,9,11H2,1-3H3. The van der Waals surface area contributed by atoms with Gasteiger partial charge in [0.05, 0.1) is 43.3 Å². The van der Waals surface area contributed by atoms with Crippen molar-refractivity contribution in [2.45, 2.75) is 20.3 Å². The topological polar surface area (TPSA) is 62.0 Å². The first kappa shape index (κ1) is 14.9. The van der Waals surface area contributed by atoms with Crippen LogP contribution in [-0.4, -0.2) is 62.9 Å². The van der Waals surface area contributed by atoms with Gasteiger partial charge in [-0.25, -0.2) is 14.7 Å². The zero-order chi connectivity index (χ0) is 16.7. The molecule has 0 fully saturated rings. The summed E-state index contributed by atoms with van der Waals surface area (Å²) < 4.78 is 1.81. The van der Waals surface area contributed by atoms with Crippen molar-refractivity contribution in [3.05, 3.63) is 41.4 Å². The highest BCUT2D eigenvalue weighted by atomic mass is 16.7. The van der Waals surface area contributed by atoms with Crippen molar-refractivity contribution in [3.8, 4) is 0 Å². The molecule has 3 aliphatic heterocycles. The quantitative estimate of drug-likeness (QED) is 0.834. The number of rotatable bonds is 4. The Morgan fingerprint density at radius 3 is 2.92 bits per heavy atom. The van der Waals surface area contributed by atoms with Crippen molar-refractivity contribution in [2.24, 2.45) is 4.99 Å². The van der Waals surface area contributed by atoms with Crippen LogP contribution in [-0.2, 0) is 4.84 Å². The van der Waals surface area contributed by atoms with Crippen LogP contribution in [0.4, 0.5) is 0 Å². The van der Waals surface area contributed by atoms with Gasteiger partial charge in [-0.05, 0) is 18.9 Å². The van der Waals surface area contributed by atoms with Crippen LogP contribution in [0.5, 0.6) is 0 Å². The second-order valence-electron chi connectivity index (χ2n) is 6.05. The fraction of sp³-hybridized carbons (Fsp3) is 0.438. The summed E-state index contributed by atoms with van der Waals surface area (Å²) in [5.41, 5.74) is 4.23. The lowest BCUT2D eigenvalue weighted by Crippen LogP contribution is -2.42. The second-order valence-corrected chi connectivity index (χ2v) is 6.05. The lowest BCUT2D eigenvalue weighted by Gasteiger charge is -2.40. The van der Waals surface area contributed by atoms with Crippen LogP contribution in [0.15, 0.2) is 46.4 Å². The van der Waals surface area contributed by atoms with E-state index in [4.69, 9.17) is 9.83 Å². The minimum absolute atomic E-state index is 0.653. The first-order valence-electron chi connectivity index (χ1n) is 8.13. The van der Waals surface area contributed by atoms with Crippen LogP contribution >= 0.6 is 0 Å². The fourth-order valence-electron chi connectivity index (χ4n) is 3.41. The van der Waals surface area contributed by atoms with Crippen LogP contribution in [0.3, 0.4) is 0 Å². The van der Waals surface area contributed by atoms with Gasteiger partial charge >= 0.3 is 0 Å². The van der Waals surface area contributed by atoms with Crippen LogP contribution in [0.1, 0.15) is 20.3 Å². The van der Waals surface area contributed by atoms with E-state index in [9.17, 15) is 0 Å². The van der Waals surface area contributed by atoms with E-state index >= 15 is 0 Å². The van der Waals surface area contributed by atoms with E-state index < -0.39 is 0 Å². The molecule has 8 nitrogen and oxygen atoms in total. The number of nitrogens with zero attached hydrogens (tertiary/aromatic N) is 7. The number of hydroxylamine groups is 2. The minimum atomic E-state index is 0.653. The number of hydrogen-bond acceptors (Lipinski definition) is 7. The summed E-state index contributed by atoms with van der Waals surface area (Å²) in [6, 6.07) is 0. The van der Waals surface area contributed by atoms with Crippen molar-refractivity contribution < 1.29 is 4.84 Å². The summed E-state index contributed by atoms with van der Waals surface area (Å²) in [4.78, 5) is 14.8. The van der Waals surface area contributed by atoms with Gasteiger partial charge in [-0.15, -0.1) is 5.10 Å². The van der Waals surface area contributed by atoms with Crippen LogP contribution in [0.2, 0.25) is 0 Å². The molecule has 0 atom stereocenters. The molecule has 1 aromatic heterocycles. The summed E-state index contributed by atoms with van der Waals surface area (Å²) in [7, 11) is 1.68. The van der Waals surface area contributed by atoms with Crippen molar-refractivity contribution in [3.63, 3.8) is 0 Å². The molecule has 0 amide bonds. The Bertz CT molecular complexity index is 759. The molecule has 0 aromatic carbocycles. The molecule has 126 valence electrons. The molecule has 4 rings (SSSR count). The molecule has 0 radical (unpaired) electrons. The third kappa shape index (κ3) is 2.22. The predicted molar refractivity (Wildman–Crippen MR) is 89.9 cm³/mol. The van der Waals surface area contributed by atoms with Crippen LogP contribution < -0.4 is 0 Å². The second kappa shape index (κ2) is 5.79. The maximum absolute atomic E-state index is 5.37. The molecule has 0 spiro atoms. The molecule has 0 saturated carbocycles. The van der Waals surface area contributed by atoms with Crippen molar-refractivity contribution in [1.82, 2.24) is 29.9 Å². The number of aromatic nitrogens is 3. The smallest absolute Gasteiger partial charge is 0.139 e. The van der Waals surface area contributed by atoms with Gasteiger partial charge in [0.25, 0.3) is 0 Å². The van der Waals surface area contributed by atoms with Crippen LogP contribution in [0.25, 0.3) is 5.70 Å². The average molecular weight is 327 g/mol. The average Bonchev–Trinajstić information content (AvgIpc) is 3.23. The van der Waals surface area contributed by atoms with Gasteiger partial charge in [0.15, 0.2) is 0 Å². The van der Waals surface area contributed by atoms with E-state index in [1.165, 1.54) is 5.57 Å². The largest absolute Gasteiger partial charge is 0.352 e. The van der Waals surface area contributed by atoms with Crippen LogP contribution in [0, 0.1) is 0 Å². The lowest BCUT2D eigenvalue weighted by molar-refractivity contribution is -0.0971. The molecule has 0 saturated heterocycles. The third-order valence-corrected chi connectivity index (χ3v) is 4.40. The summed E-state index contributed by atoms with van der Waals surface area (Å²) >= 11 is 0. The van der Waals surface area contributed by atoms with Gasteiger partial charge in [-0.2, -0.15) is 0 Å². The maximum Gasteiger partial charge on any atom is 0.139 e. The highest BCUT2D eigenvalue weighted by Crippen LogP contribution is 2.38. The molecular formula is C16H21N7O. The van der Waals surface area contributed by atoms with E-state index in [2.05, 4.69) is 34.0 Å². The first-order chi connectivity index (χ1) is 11.7. The summed E-state index contributed by atoms with van der Waals surface area (Å²) in [6.07, 6.45) is 8.49. The fourth-order valence-corrected chi connectivity index (χ4v) is 3.41. The van der Waals surface area contributed by atoms with Crippen molar-refractivity contribution in [1.29, 1.82) is 0 Å². The van der Waals surface area contributed by atoms with Gasteiger partial charge in [-0.1, -0.05) is 12.1 Å². The predicted octanol–water partition coefficient (Wildman–Crippen LogP) is 1.47. The van der Waals surface area contributed by atoms with E-state index in [0.29, 0.717) is 6.67 Å². The molecule has 24 heavy (non-hydrogen) atoms. The van der Waals surface area contributed by atoms with Gasteiger partial charge in [-0.3, -0.25) is 4.84 Å². The Labute approximate surface area is 140 Å². The molecule has 4 heterocycles. The molecule has 0 aliphatic carbocycles.